The van der Waals surface area contributed by atoms with E-state index in [-0.39, 0.29) is 0 Å². The van der Waals surface area contributed by atoms with E-state index < -0.39 is 0 Å². The van der Waals surface area contributed by atoms with E-state index in [0.29, 0.717) is 17.3 Å². The molecule has 1 aliphatic rings. The minimum absolute atomic E-state index is 0.605. The zero-order chi connectivity index (χ0) is 14.4. The van der Waals surface area contributed by atoms with Gasteiger partial charge in [-0.05, 0) is 50.3 Å². The van der Waals surface area contributed by atoms with E-state index in [4.69, 9.17) is 0 Å². The van der Waals surface area contributed by atoms with Gasteiger partial charge in [-0.15, -0.1) is 5.10 Å². The van der Waals surface area contributed by atoms with Gasteiger partial charge in [0.2, 0.25) is 0 Å². The molecular formula is C15H23N5. The predicted molar refractivity (Wildman–Crippen MR) is 79.6 cm³/mol. The van der Waals surface area contributed by atoms with Crippen LogP contribution in [0.15, 0.2) is 0 Å². The first-order valence-electron chi connectivity index (χ1n) is 7.53. The Kier molecular flexibility index (Phi) is 5.31. The summed E-state index contributed by atoms with van der Waals surface area (Å²) in [6.07, 6.45) is 4.08. The fraction of sp³-hybridized carbons (Fsp3) is 0.667. The molecular weight excluding hydrogens is 250 g/mol. The molecule has 1 atom stereocenters. The van der Waals surface area contributed by atoms with Crippen LogP contribution < -0.4 is 10.6 Å². The monoisotopic (exact) mass is 273 g/mol. The van der Waals surface area contributed by atoms with Gasteiger partial charge in [-0.1, -0.05) is 13.8 Å². The third-order valence-electron chi connectivity index (χ3n) is 3.92. The van der Waals surface area contributed by atoms with Gasteiger partial charge in [0.25, 0.3) is 0 Å². The van der Waals surface area contributed by atoms with Gasteiger partial charge in [0.15, 0.2) is 5.82 Å². The van der Waals surface area contributed by atoms with Crippen LogP contribution in [-0.4, -0.2) is 29.8 Å². The summed E-state index contributed by atoms with van der Waals surface area (Å²) in [6, 6.07) is 2.30. The van der Waals surface area contributed by atoms with Crippen LogP contribution in [0.25, 0.3) is 0 Å². The van der Waals surface area contributed by atoms with Crippen molar-refractivity contribution in [3.63, 3.8) is 0 Å². The molecule has 0 bridgehead atoms. The van der Waals surface area contributed by atoms with Crippen LogP contribution in [0, 0.1) is 17.2 Å². The average molecular weight is 273 g/mol. The molecule has 5 nitrogen and oxygen atoms in total. The van der Waals surface area contributed by atoms with Gasteiger partial charge in [-0.2, -0.15) is 10.4 Å². The molecule has 1 aromatic heterocycles. The Hall–Kier alpha value is -1.67. The maximum Gasteiger partial charge on any atom is 0.166 e. The van der Waals surface area contributed by atoms with Crippen molar-refractivity contribution in [1.82, 2.24) is 15.5 Å². The lowest BCUT2D eigenvalue weighted by Crippen LogP contribution is -2.33. The maximum atomic E-state index is 9.42. The Labute approximate surface area is 120 Å². The standard InChI is InChI=1S/C15H23N5/c1-3-12-13(8-16)15(20-19-14(12)4-2)18-10-11-6-5-7-17-9-11/h11,17H,3-7,9-10H2,1-2H3,(H,18,20). The highest BCUT2D eigenvalue weighted by Crippen LogP contribution is 2.20. The molecule has 0 spiro atoms. The lowest BCUT2D eigenvalue weighted by molar-refractivity contribution is 0.392. The molecule has 1 saturated heterocycles. The lowest BCUT2D eigenvalue weighted by Gasteiger charge is -2.23. The van der Waals surface area contributed by atoms with Crippen molar-refractivity contribution in [3.05, 3.63) is 16.8 Å². The van der Waals surface area contributed by atoms with Crippen molar-refractivity contribution < 1.29 is 0 Å². The van der Waals surface area contributed by atoms with Crippen LogP contribution in [0.1, 0.15) is 43.5 Å². The van der Waals surface area contributed by atoms with E-state index >= 15 is 0 Å². The normalized spacial score (nSPS) is 18.6. The fourth-order valence-corrected chi connectivity index (χ4v) is 2.76. The van der Waals surface area contributed by atoms with Gasteiger partial charge in [0.1, 0.15) is 11.6 Å². The smallest absolute Gasteiger partial charge is 0.166 e. The summed E-state index contributed by atoms with van der Waals surface area (Å²) in [4.78, 5) is 0. The number of hydrogen-bond donors (Lipinski definition) is 2. The Bertz CT molecular complexity index is 486. The first-order chi connectivity index (χ1) is 9.80. The number of aryl methyl sites for hydroxylation is 1. The highest BCUT2D eigenvalue weighted by atomic mass is 15.2. The van der Waals surface area contributed by atoms with Crippen LogP contribution >= 0.6 is 0 Å². The molecule has 5 heteroatoms. The predicted octanol–water partition coefficient (Wildman–Crippen LogP) is 1.88. The van der Waals surface area contributed by atoms with Gasteiger partial charge >= 0.3 is 0 Å². The van der Waals surface area contributed by atoms with Gasteiger partial charge in [-0.3, -0.25) is 0 Å². The van der Waals surface area contributed by atoms with Gasteiger partial charge in [0.05, 0.1) is 5.69 Å². The number of aromatic nitrogens is 2. The van der Waals surface area contributed by atoms with E-state index in [1.54, 1.807) is 0 Å². The number of nitriles is 1. The van der Waals surface area contributed by atoms with Crippen LogP contribution in [0.4, 0.5) is 5.82 Å². The number of anilines is 1. The molecule has 1 aromatic rings. The van der Waals surface area contributed by atoms with Crippen molar-refractivity contribution in [1.29, 1.82) is 5.26 Å². The molecule has 0 radical (unpaired) electrons. The van der Waals surface area contributed by atoms with Crippen molar-refractivity contribution in [3.8, 4) is 6.07 Å². The zero-order valence-corrected chi connectivity index (χ0v) is 12.4. The fourth-order valence-electron chi connectivity index (χ4n) is 2.76. The SMILES string of the molecule is CCc1nnc(NCC2CCCNC2)c(C#N)c1CC. The highest BCUT2D eigenvalue weighted by Gasteiger charge is 2.17. The molecule has 1 aliphatic heterocycles. The third kappa shape index (κ3) is 3.26. The molecule has 1 unspecified atom stereocenters. The quantitative estimate of drug-likeness (QED) is 0.857. The summed E-state index contributed by atoms with van der Waals surface area (Å²) >= 11 is 0. The minimum Gasteiger partial charge on any atom is -0.367 e. The van der Waals surface area contributed by atoms with E-state index in [1.807, 2.05) is 6.92 Å². The minimum atomic E-state index is 0.605. The summed E-state index contributed by atoms with van der Waals surface area (Å²) in [7, 11) is 0. The molecule has 0 saturated carbocycles. The second kappa shape index (κ2) is 7.20. The zero-order valence-electron chi connectivity index (χ0n) is 12.4. The van der Waals surface area contributed by atoms with Crippen LogP contribution in [0.5, 0.6) is 0 Å². The Morgan fingerprint density at radius 3 is 2.80 bits per heavy atom. The van der Waals surface area contributed by atoms with Crippen LogP contribution in [-0.2, 0) is 12.8 Å². The number of piperidine rings is 1. The summed E-state index contributed by atoms with van der Waals surface area (Å²) in [5, 5.41) is 24.6. The molecule has 1 fully saturated rings. The second-order valence-electron chi connectivity index (χ2n) is 5.26. The Morgan fingerprint density at radius 2 is 2.20 bits per heavy atom. The van der Waals surface area contributed by atoms with Crippen molar-refractivity contribution in [2.75, 3.05) is 25.0 Å². The molecule has 2 N–H and O–H groups in total. The van der Waals surface area contributed by atoms with Crippen LogP contribution in [0.3, 0.4) is 0 Å². The Balaban J connectivity index is 2.12. The van der Waals surface area contributed by atoms with E-state index in [9.17, 15) is 5.26 Å². The molecule has 0 aromatic carbocycles. The summed E-state index contributed by atoms with van der Waals surface area (Å²) in [5.74, 6) is 1.25. The lowest BCUT2D eigenvalue weighted by atomic mass is 9.99. The number of rotatable bonds is 5. The molecule has 0 amide bonds. The third-order valence-corrected chi connectivity index (χ3v) is 3.92. The van der Waals surface area contributed by atoms with Crippen molar-refractivity contribution in [2.24, 2.45) is 5.92 Å². The van der Waals surface area contributed by atoms with E-state index in [2.05, 4.69) is 33.8 Å². The number of nitrogens with zero attached hydrogens (tertiary/aromatic N) is 3. The second-order valence-corrected chi connectivity index (χ2v) is 5.26. The molecule has 20 heavy (non-hydrogen) atoms. The van der Waals surface area contributed by atoms with Crippen LogP contribution in [0.2, 0.25) is 0 Å². The highest BCUT2D eigenvalue weighted by molar-refractivity contribution is 5.56. The van der Waals surface area contributed by atoms with E-state index in [1.165, 1.54) is 12.8 Å². The average Bonchev–Trinajstić information content (AvgIpc) is 2.52. The Morgan fingerprint density at radius 1 is 1.35 bits per heavy atom. The molecule has 0 aliphatic carbocycles. The van der Waals surface area contributed by atoms with E-state index in [0.717, 1.165) is 43.7 Å². The molecule has 2 heterocycles. The molecule has 2 rings (SSSR count). The van der Waals surface area contributed by atoms with Crippen molar-refractivity contribution >= 4 is 5.82 Å². The number of hydrogen-bond acceptors (Lipinski definition) is 5. The largest absolute Gasteiger partial charge is 0.367 e. The summed E-state index contributed by atoms with van der Waals surface area (Å²) in [6.45, 7) is 7.11. The van der Waals surface area contributed by atoms with Crippen molar-refractivity contribution in [2.45, 2.75) is 39.5 Å². The molecule has 108 valence electrons. The van der Waals surface area contributed by atoms with Gasteiger partial charge in [-0.25, -0.2) is 0 Å². The first kappa shape index (κ1) is 14.7. The topological polar surface area (TPSA) is 73.6 Å². The summed E-state index contributed by atoms with van der Waals surface area (Å²) in [5.41, 5.74) is 2.64. The van der Waals surface area contributed by atoms with Gasteiger partial charge < -0.3 is 10.6 Å². The van der Waals surface area contributed by atoms with Gasteiger partial charge in [0, 0.05) is 6.54 Å². The maximum absolute atomic E-state index is 9.42. The first-order valence-corrected chi connectivity index (χ1v) is 7.53. The number of nitrogens with one attached hydrogen (secondary N) is 2. The summed E-state index contributed by atoms with van der Waals surface area (Å²) < 4.78 is 0.